The largest absolute Gasteiger partial charge is 0.498 e. The van der Waals surface area contributed by atoms with E-state index in [-0.39, 0.29) is 0 Å². The van der Waals surface area contributed by atoms with Crippen LogP contribution in [-0.2, 0) is 9.31 Å². The third kappa shape index (κ3) is 3.42. The van der Waals surface area contributed by atoms with E-state index >= 15 is 0 Å². The Morgan fingerprint density at radius 2 is 1.83 bits per heavy atom. The summed E-state index contributed by atoms with van der Waals surface area (Å²) < 4.78 is 18.3. The molecule has 3 rings (SSSR count). The lowest BCUT2D eigenvalue weighted by Crippen LogP contribution is -2.41. The molecule has 1 aromatic carbocycles. The van der Waals surface area contributed by atoms with Crippen LogP contribution in [0.25, 0.3) is 0 Å². The van der Waals surface area contributed by atoms with Gasteiger partial charge in [0.05, 0.1) is 23.9 Å². The van der Waals surface area contributed by atoms with Crippen molar-refractivity contribution in [3.8, 4) is 5.75 Å². The van der Waals surface area contributed by atoms with Gasteiger partial charge in [-0.3, -0.25) is 0 Å². The molecule has 1 saturated carbocycles. The molecule has 4 nitrogen and oxygen atoms in total. The fourth-order valence-corrected chi connectivity index (χ4v) is 2.60. The van der Waals surface area contributed by atoms with Crippen molar-refractivity contribution in [3.05, 3.63) is 23.8 Å². The van der Waals surface area contributed by atoms with E-state index < -0.39 is 24.4 Å². The first-order valence-electron chi connectivity index (χ1n) is 8.50. The van der Waals surface area contributed by atoms with E-state index in [1.165, 1.54) is 12.8 Å². The molecule has 0 spiro atoms. The Kier molecular flexibility index (Phi) is 4.24. The molecule has 2 fully saturated rings. The van der Waals surface area contributed by atoms with E-state index in [0.29, 0.717) is 5.92 Å². The Balaban J connectivity index is 1.89. The molecule has 1 aromatic rings. The smallest absolute Gasteiger partial charge is 0.494 e. The second kappa shape index (κ2) is 5.80. The molecule has 0 bridgehead atoms. The fourth-order valence-electron chi connectivity index (χ4n) is 2.60. The fraction of sp³-hybridized carbons (Fsp3) is 0.667. The highest BCUT2D eigenvalue weighted by Crippen LogP contribution is 2.37. The average molecular weight is 318 g/mol. The zero-order chi connectivity index (χ0) is 16.8. The number of hydrogen-bond acceptors (Lipinski definition) is 4. The van der Waals surface area contributed by atoms with Gasteiger partial charge in [0.15, 0.2) is 0 Å². The van der Waals surface area contributed by atoms with Crippen LogP contribution >= 0.6 is 0 Å². The molecule has 1 unspecified atom stereocenters. The number of rotatable bonds is 5. The summed E-state index contributed by atoms with van der Waals surface area (Å²) in [6.45, 7) is 10.6. The van der Waals surface area contributed by atoms with Gasteiger partial charge in [-0.05, 0) is 65.0 Å². The maximum atomic E-state index is 9.89. The van der Waals surface area contributed by atoms with Gasteiger partial charge >= 0.3 is 7.12 Å². The van der Waals surface area contributed by atoms with Crippen LogP contribution in [0.3, 0.4) is 0 Å². The Morgan fingerprint density at radius 1 is 1.22 bits per heavy atom. The van der Waals surface area contributed by atoms with Gasteiger partial charge in [0.2, 0.25) is 0 Å². The van der Waals surface area contributed by atoms with Gasteiger partial charge in [-0.2, -0.15) is 0 Å². The highest BCUT2D eigenvalue weighted by molar-refractivity contribution is 6.63. The second-order valence-corrected chi connectivity index (χ2v) is 7.82. The van der Waals surface area contributed by atoms with Crippen molar-refractivity contribution in [1.82, 2.24) is 0 Å². The summed E-state index contributed by atoms with van der Waals surface area (Å²) in [5.74, 6) is 1.47. The molecule has 2 aliphatic rings. The molecule has 0 radical (unpaired) electrons. The van der Waals surface area contributed by atoms with Crippen molar-refractivity contribution in [1.29, 1.82) is 0 Å². The predicted molar refractivity (Wildman–Crippen MR) is 91.0 cm³/mol. The quantitative estimate of drug-likeness (QED) is 0.848. The number of ether oxygens (including phenoxy) is 1. The standard InChI is InChI=1S/C18H27BO4/c1-12(20)14-8-9-16(21-11-13-6-7-13)15(10-14)19-22-17(2,3)18(4,5)23-19/h8-10,12-13,20H,6-7,11H2,1-5H3. The normalized spacial score (nSPS) is 23.8. The van der Waals surface area contributed by atoms with Crippen LogP contribution in [0.1, 0.15) is 59.1 Å². The summed E-state index contributed by atoms with van der Waals surface area (Å²) in [5, 5.41) is 9.89. The summed E-state index contributed by atoms with van der Waals surface area (Å²) >= 11 is 0. The van der Waals surface area contributed by atoms with Crippen LogP contribution in [0, 0.1) is 5.92 Å². The summed E-state index contributed by atoms with van der Waals surface area (Å²) in [6, 6.07) is 5.77. The lowest BCUT2D eigenvalue weighted by Gasteiger charge is -2.32. The van der Waals surface area contributed by atoms with Crippen molar-refractivity contribution in [2.75, 3.05) is 6.61 Å². The van der Waals surface area contributed by atoms with Gasteiger partial charge in [0.1, 0.15) is 5.75 Å². The van der Waals surface area contributed by atoms with Crippen molar-refractivity contribution in [2.45, 2.75) is 64.8 Å². The first-order chi connectivity index (χ1) is 10.7. The molecular weight excluding hydrogens is 291 g/mol. The van der Waals surface area contributed by atoms with Crippen LogP contribution in [0.5, 0.6) is 5.75 Å². The number of benzene rings is 1. The Morgan fingerprint density at radius 3 is 2.35 bits per heavy atom. The Hall–Kier alpha value is -1.04. The summed E-state index contributed by atoms with van der Waals surface area (Å²) in [7, 11) is -0.479. The van der Waals surface area contributed by atoms with Crippen LogP contribution in [0.4, 0.5) is 0 Å². The van der Waals surface area contributed by atoms with Crippen LogP contribution in [0.2, 0.25) is 0 Å². The molecule has 0 amide bonds. The molecule has 1 aliphatic heterocycles. The van der Waals surface area contributed by atoms with Gasteiger partial charge in [-0.15, -0.1) is 0 Å². The van der Waals surface area contributed by atoms with Crippen molar-refractivity contribution < 1.29 is 19.2 Å². The third-order valence-electron chi connectivity index (χ3n) is 5.19. The van der Waals surface area contributed by atoms with E-state index in [2.05, 4.69) is 0 Å². The summed E-state index contributed by atoms with van der Waals surface area (Å²) in [6.07, 6.45) is 1.96. The minimum Gasteiger partial charge on any atom is -0.494 e. The molecule has 1 aliphatic carbocycles. The highest BCUT2D eigenvalue weighted by Gasteiger charge is 2.52. The van der Waals surface area contributed by atoms with Crippen LogP contribution in [-0.4, -0.2) is 30.0 Å². The van der Waals surface area contributed by atoms with E-state index in [4.69, 9.17) is 14.0 Å². The van der Waals surface area contributed by atoms with Gasteiger partial charge in [0.25, 0.3) is 0 Å². The van der Waals surface area contributed by atoms with Crippen LogP contribution in [0.15, 0.2) is 18.2 Å². The average Bonchev–Trinajstić information content (AvgIpc) is 3.24. The molecule has 1 heterocycles. The first-order valence-corrected chi connectivity index (χ1v) is 8.50. The first kappa shape index (κ1) is 16.8. The number of aliphatic hydroxyl groups is 1. The highest BCUT2D eigenvalue weighted by atomic mass is 16.7. The van der Waals surface area contributed by atoms with Gasteiger partial charge in [-0.1, -0.05) is 12.1 Å². The SMILES string of the molecule is CC(O)c1ccc(OCC2CC2)c(B2OC(C)(C)C(C)(C)O2)c1. The van der Waals surface area contributed by atoms with Gasteiger partial charge in [-0.25, -0.2) is 0 Å². The van der Waals surface area contributed by atoms with Crippen molar-refractivity contribution >= 4 is 12.6 Å². The zero-order valence-corrected chi connectivity index (χ0v) is 14.8. The van der Waals surface area contributed by atoms with E-state index in [1.807, 2.05) is 45.9 Å². The number of aliphatic hydroxyl groups excluding tert-OH is 1. The zero-order valence-electron chi connectivity index (χ0n) is 14.8. The molecule has 126 valence electrons. The topological polar surface area (TPSA) is 47.9 Å². The van der Waals surface area contributed by atoms with Crippen molar-refractivity contribution in [3.63, 3.8) is 0 Å². The Bertz CT molecular complexity index is 562. The monoisotopic (exact) mass is 318 g/mol. The maximum absolute atomic E-state index is 9.89. The minimum atomic E-state index is -0.534. The molecule has 23 heavy (non-hydrogen) atoms. The lowest BCUT2D eigenvalue weighted by molar-refractivity contribution is 0.00578. The maximum Gasteiger partial charge on any atom is 0.498 e. The molecule has 5 heteroatoms. The summed E-state index contributed by atoms with van der Waals surface area (Å²) in [4.78, 5) is 0. The van der Waals surface area contributed by atoms with Gasteiger partial charge < -0.3 is 19.2 Å². The molecule has 1 saturated heterocycles. The van der Waals surface area contributed by atoms with Crippen molar-refractivity contribution in [2.24, 2.45) is 5.92 Å². The predicted octanol–water partition coefficient (Wildman–Crippen LogP) is 2.83. The van der Waals surface area contributed by atoms with E-state index in [9.17, 15) is 5.11 Å². The van der Waals surface area contributed by atoms with Crippen LogP contribution < -0.4 is 10.2 Å². The van der Waals surface area contributed by atoms with E-state index in [0.717, 1.165) is 23.4 Å². The molecule has 1 atom stereocenters. The summed E-state index contributed by atoms with van der Waals surface area (Å²) in [5.41, 5.74) is 0.912. The van der Waals surface area contributed by atoms with Gasteiger partial charge in [0, 0.05) is 5.46 Å². The molecule has 1 N–H and O–H groups in total. The number of hydrogen-bond donors (Lipinski definition) is 1. The molecule has 0 aromatic heterocycles. The minimum absolute atomic E-state index is 0.397. The third-order valence-corrected chi connectivity index (χ3v) is 5.19. The lowest BCUT2D eigenvalue weighted by atomic mass is 9.77. The molecular formula is C18H27BO4. The second-order valence-electron chi connectivity index (χ2n) is 7.82. The van der Waals surface area contributed by atoms with E-state index in [1.54, 1.807) is 6.92 Å². The Labute approximate surface area is 139 Å².